The Balaban J connectivity index is 1.82. The molecule has 0 bridgehead atoms. The molecule has 0 heterocycles. The summed E-state index contributed by atoms with van der Waals surface area (Å²) in [5, 5.41) is 2.96. The molecule has 0 spiro atoms. The van der Waals surface area contributed by atoms with Gasteiger partial charge in [0.15, 0.2) is 0 Å². The van der Waals surface area contributed by atoms with Gasteiger partial charge in [-0.05, 0) is 64.8 Å². The minimum Gasteiger partial charge on any atom is -0.547 e. The fourth-order valence-corrected chi connectivity index (χ4v) is 10.6. The zero-order valence-corrected chi connectivity index (χ0v) is 24.8. The summed E-state index contributed by atoms with van der Waals surface area (Å²) in [5.74, 6) is 1.76. The van der Waals surface area contributed by atoms with E-state index < -0.39 is 16.6 Å². The number of allylic oxidation sites excluding steroid dienone is 2. The molecule has 2 nitrogen and oxygen atoms in total. The van der Waals surface area contributed by atoms with E-state index in [0.29, 0.717) is 5.92 Å². The van der Waals surface area contributed by atoms with E-state index in [0.717, 1.165) is 19.4 Å². The average Bonchev–Trinajstić information content (AvgIpc) is 2.76. The molecule has 0 saturated heterocycles. The van der Waals surface area contributed by atoms with E-state index in [1.807, 2.05) is 0 Å². The Labute approximate surface area is 211 Å². The maximum Gasteiger partial charge on any atom is 0.261 e. The maximum atomic E-state index is 7.14. The van der Waals surface area contributed by atoms with Gasteiger partial charge in [0.1, 0.15) is 0 Å². The Morgan fingerprint density at radius 1 is 0.794 bits per heavy atom. The van der Waals surface area contributed by atoms with Crippen LogP contribution < -0.4 is 10.4 Å². The average molecular weight is 495 g/mol. The number of hydrogen-bond donors (Lipinski definition) is 0. The molecule has 0 radical (unpaired) electrons. The van der Waals surface area contributed by atoms with Crippen LogP contribution in [0, 0.1) is 5.92 Å². The van der Waals surface area contributed by atoms with Crippen LogP contribution in [0.15, 0.2) is 72.5 Å². The molecule has 0 N–H and O–H groups in total. The Morgan fingerprint density at radius 3 is 1.79 bits per heavy atom. The van der Waals surface area contributed by atoms with Gasteiger partial charge in [-0.2, -0.15) is 0 Å². The Kier molecular flexibility index (Phi) is 8.37. The molecule has 3 rings (SSSR count). The van der Waals surface area contributed by atoms with E-state index in [1.165, 1.54) is 29.0 Å². The van der Waals surface area contributed by atoms with E-state index in [-0.39, 0.29) is 10.1 Å². The minimum atomic E-state index is -2.46. The summed E-state index contributed by atoms with van der Waals surface area (Å²) < 4.78 is 13.8. The lowest BCUT2D eigenvalue weighted by molar-refractivity contribution is 0.260. The van der Waals surface area contributed by atoms with E-state index in [1.54, 1.807) is 0 Å². The van der Waals surface area contributed by atoms with Crippen LogP contribution in [0.4, 0.5) is 0 Å². The maximum absolute atomic E-state index is 7.14. The van der Waals surface area contributed by atoms with Crippen molar-refractivity contribution in [2.75, 3.05) is 6.61 Å². The van der Waals surface area contributed by atoms with Gasteiger partial charge in [0.2, 0.25) is 8.32 Å². The van der Waals surface area contributed by atoms with Crippen LogP contribution >= 0.6 is 0 Å². The third-order valence-corrected chi connectivity index (χ3v) is 17.3. The van der Waals surface area contributed by atoms with Crippen molar-refractivity contribution in [3.63, 3.8) is 0 Å². The van der Waals surface area contributed by atoms with Gasteiger partial charge < -0.3 is 8.85 Å². The lowest BCUT2D eigenvalue weighted by atomic mass is 9.92. The van der Waals surface area contributed by atoms with Gasteiger partial charge in [0.25, 0.3) is 8.32 Å². The first-order valence-electron chi connectivity index (χ1n) is 13.0. The second-order valence-corrected chi connectivity index (χ2v) is 21.5. The normalized spacial score (nSPS) is 17.9. The molecule has 0 fully saturated rings. The van der Waals surface area contributed by atoms with E-state index in [9.17, 15) is 0 Å². The summed E-state index contributed by atoms with van der Waals surface area (Å²) >= 11 is 0. The molecule has 0 aliphatic heterocycles. The lowest BCUT2D eigenvalue weighted by Crippen LogP contribution is -2.66. The third kappa shape index (κ3) is 5.95. The van der Waals surface area contributed by atoms with E-state index in [2.05, 4.69) is 121 Å². The quantitative estimate of drug-likeness (QED) is 0.351. The fraction of sp³-hybridized carbons (Fsp3) is 0.533. The molecule has 34 heavy (non-hydrogen) atoms. The van der Waals surface area contributed by atoms with Gasteiger partial charge in [-0.25, -0.2) is 0 Å². The zero-order valence-electron chi connectivity index (χ0n) is 22.8. The SMILES string of the molecule is CC(C)(C)[Si](C)(C)OC1=C[C@@H](CCO[Si](c2ccccc2)(c2ccccc2)C(C)(C)C)CCC1. The molecule has 0 amide bonds. The van der Waals surface area contributed by atoms with Crippen LogP contribution in [0.3, 0.4) is 0 Å². The zero-order chi connectivity index (χ0) is 25.0. The van der Waals surface area contributed by atoms with Crippen molar-refractivity contribution in [1.82, 2.24) is 0 Å². The van der Waals surface area contributed by atoms with E-state index >= 15 is 0 Å². The second kappa shape index (κ2) is 10.6. The van der Waals surface area contributed by atoms with Gasteiger partial charge in [0, 0.05) is 13.0 Å². The summed E-state index contributed by atoms with van der Waals surface area (Å²) in [6.07, 6.45) is 7.00. The summed E-state index contributed by atoms with van der Waals surface area (Å²) in [6.45, 7) is 19.5. The van der Waals surface area contributed by atoms with Crippen LogP contribution in [0.25, 0.3) is 0 Å². The first kappa shape index (κ1) is 27.0. The highest BCUT2D eigenvalue weighted by atomic mass is 28.4. The highest BCUT2D eigenvalue weighted by molar-refractivity contribution is 6.99. The highest BCUT2D eigenvalue weighted by Crippen LogP contribution is 2.40. The molecular weight excluding hydrogens is 449 g/mol. The van der Waals surface area contributed by atoms with Crippen LogP contribution in [-0.2, 0) is 8.85 Å². The topological polar surface area (TPSA) is 18.5 Å². The molecule has 2 aromatic rings. The first-order chi connectivity index (χ1) is 15.9. The molecule has 4 heteroatoms. The number of benzene rings is 2. The lowest BCUT2D eigenvalue weighted by Gasteiger charge is -2.43. The summed E-state index contributed by atoms with van der Waals surface area (Å²) in [6, 6.07) is 21.9. The highest BCUT2D eigenvalue weighted by Gasteiger charge is 2.50. The van der Waals surface area contributed by atoms with Crippen LogP contribution in [-0.4, -0.2) is 23.2 Å². The predicted octanol–water partition coefficient (Wildman–Crippen LogP) is 7.66. The molecule has 0 aromatic heterocycles. The number of hydrogen-bond acceptors (Lipinski definition) is 2. The van der Waals surface area contributed by atoms with Crippen molar-refractivity contribution >= 4 is 27.0 Å². The largest absolute Gasteiger partial charge is 0.547 e. The monoisotopic (exact) mass is 494 g/mol. The molecule has 2 aromatic carbocycles. The second-order valence-electron chi connectivity index (χ2n) is 12.4. The van der Waals surface area contributed by atoms with Crippen LogP contribution in [0.1, 0.15) is 67.2 Å². The molecule has 1 aliphatic carbocycles. The van der Waals surface area contributed by atoms with Crippen LogP contribution in [0.5, 0.6) is 0 Å². The predicted molar refractivity (Wildman–Crippen MR) is 152 cm³/mol. The Morgan fingerprint density at radius 2 is 1.32 bits per heavy atom. The van der Waals surface area contributed by atoms with Gasteiger partial charge in [0.05, 0.1) is 5.76 Å². The van der Waals surface area contributed by atoms with Crippen molar-refractivity contribution in [2.45, 2.75) is 90.4 Å². The standard InChI is InChI=1S/C30H46O2Si2/c1-29(2,3)33(7,8)32-26-17-15-16-25(24-26)22-23-31-34(30(4,5)6,27-18-11-9-12-19-27)28-20-13-10-14-21-28/h9-14,18-21,24-25H,15-17,22-23H2,1-8H3/t25-/m1/s1. The molecule has 0 saturated carbocycles. The minimum absolute atomic E-state index is 0.0225. The summed E-state index contributed by atoms with van der Waals surface area (Å²) in [7, 11) is -4.25. The van der Waals surface area contributed by atoms with Crippen molar-refractivity contribution in [3.8, 4) is 0 Å². The van der Waals surface area contributed by atoms with E-state index in [4.69, 9.17) is 8.85 Å². The van der Waals surface area contributed by atoms with Crippen molar-refractivity contribution in [2.24, 2.45) is 5.92 Å². The summed E-state index contributed by atoms with van der Waals surface area (Å²) in [5.41, 5.74) is 0. The van der Waals surface area contributed by atoms with Gasteiger partial charge in [-0.15, -0.1) is 0 Å². The van der Waals surface area contributed by atoms with Gasteiger partial charge in [-0.3, -0.25) is 0 Å². The van der Waals surface area contributed by atoms with Gasteiger partial charge >= 0.3 is 0 Å². The molecule has 1 aliphatic rings. The van der Waals surface area contributed by atoms with Crippen molar-refractivity contribution in [3.05, 3.63) is 72.5 Å². The third-order valence-electron chi connectivity index (χ3n) is 7.84. The Bertz CT molecular complexity index is 898. The smallest absolute Gasteiger partial charge is 0.261 e. The summed E-state index contributed by atoms with van der Waals surface area (Å²) in [4.78, 5) is 0. The molecular formula is C30H46O2Si2. The van der Waals surface area contributed by atoms with Crippen molar-refractivity contribution < 1.29 is 8.85 Å². The van der Waals surface area contributed by atoms with Crippen molar-refractivity contribution in [1.29, 1.82) is 0 Å². The fourth-order valence-electron chi connectivity index (χ4n) is 4.89. The molecule has 186 valence electrons. The molecule has 0 unspecified atom stereocenters. The number of rotatable bonds is 8. The van der Waals surface area contributed by atoms with Gasteiger partial charge in [-0.1, -0.05) is 102 Å². The van der Waals surface area contributed by atoms with Crippen LogP contribution in [0.2, 0.25) is 23.2 Å². The molecule has 1 atom stereocenters. The Hall–Kier alpha value is -1.63. The first-order valence-corrected chi connectivity index (χ1v) is 17.8.